The number of hydrogen-bond donors (Lipinski definition) is 1. The van der Waals surface area contributed by atoms with E-state index in [0.29, 0.717) is 11.1 Å². The molecular formula is C14H11BrClF2N. The second kappa shape index (κ2) is 5.99. The van der Waals surface area contributed by atoms with Crippen LogP contribution in [0.1, 0.15) is 17.2 Å². The molecule has 0 spiro atoms. The van der Waals surface area contributed by atoms with Gasteiger partial charge in [-0.1, -0.05) is 33.6 Å². The molecule has 5 heteroatoms. The number of rotatable bonds is 3. The summed E-state index contributed by atoms with van der Waals surface area (Å²) in [4.78, 5) is 0. The molecule has 1 N–H and O–H groups in total. The maximum Gasteiger partial charge on any atom is 0.142 e. The Labute approximate surface area is 123 Å². The Morgan fingerprint density at radius 1 is 1.11 bits per heavy atom. The fourth-order valence-electron chi connectivity index (χ4n) is 1.93. The van der Waals surface area contributed by atoms with Gasteiger partial charge in [0.1, 0.15) is 11.6 Å². The Kier molecular flexibility index (Phi) is 4.55. The zero-order chi connectivity index (χ0) is 14.0. The van der Waals surface area contributed by atoms with Crippen LogP contribution in [0.3, 0.4) is 0 Å². The van der Waals surface area contributed by atoms with Crippen LogP contribution in [0.15, 0.2) is 40.9 Å². The SMILES string of the molecule is CNC(c1ccc(Cl)c(F)c1)c1cc(Br)ccc1F. The average molecular weight is 347 g/mol. The Balaban J connectivity index is 2.49. The number of nitrogens with one attached hydrogen (secondary N) is 1. The summed E-state index contributed by atoms with van der Waals surface area (Å²) in [6, 6.07) is 8.67. The van der Waals surface area contributed by atoms with Gasteiger partial charge in [-0.3, -0.25) is 0 Å². The van der Waals surface area contributed by atoms with Gasteiger partial charge in [0, 0.05) is 10.0 Å². The molecule has 0 radical (unpaired) electrons. The molecule has 2 aromatic rings. The van der Waals surface area contributed by atoms with Gasteiger partial charge in [-0.15, -0.1) is 0 Å². The van der Waals surface area contributed by atoms with E-state index in [9.17, 15) is 8.78 Å². The Bertz CT molecular complexity index is 604. The van der Waals surface area contributed by atoms with Crippen molar-refractivity contribution in [1.82, 2.24) is 5.32 Å². The first-order chi connectivity index (χ1) is 9.02. The maximum absolute atomic E-state index is 13.9. The molecule has 0 amide bonds. The van der Waals surface area contributed by atoms with E-state index in [0.717, 1.165) is 4.47 Å². The molecule has 19 heavy (non-hydrogen) atoms. The van der Waals surface area contributed by atoms with Crippen molar-refractivity contribution in [3.8, 4) is 0 Å². The highest BCUT2D eigenvalue weighted by Gasteiger charge is 2.17. The highest BCUT2D eigenvalue weighted by molar-refractivity contribution is 9.10. The van der Waals surface area contributed by atoms with Crippen LogP contribution in [0.4, 0.5) is 8.78 Å². The molecule has 1 atom stereocenters. The van der Waals surface area contributed by atoms with E-state index in [1.165, 1.54) is 18.2 Å². The predicted octanol–water partition coefficient (Wildman–Crippen LogP) is 4.69. The monoisotopic (exact) mass is 345 g/mol. The first kappa shape index (κ1) is 14.4. The van der Waals surface area contributed by atoms with Crippen molar-refractivity contribution in [3.63, 3.8) is 0 Å². The lowest BCUT2D eigenvalue weighted by Crippen LogP contribution is -2.19. The van der Waals surface area contributed by atoms with Crippen LogP contribution in [0, 0.1) is 11.6 Å². The van der Waals surface area contributed by atoms with E-state index in [1.807, 2.05) is 0 Å². The topological polar surface area (TPSA) is 12.0 Å². The van der Waals surface area contributed by atoms with Gasteiger partial charge >= 0.3 is 0 Å². The summed E-state index contributed by atoms with van der Waals surface area (Å²) in [6.45, 7) is 0. The van der Waals surface area contributed by atoms with Crippen LogP contribution in [-0.2, 0) is 0 Å². The van der Waals surface area contributed by atoms with E-state index >= 15 is 0 Å². The number of benzene rings is 2. The molecule has 2 rings (SSSR count). The quantitative estimate of drug-likeness (QED) is 0.850. The summed E-state index contributed by atoms with van der Waals surface area (Å²) in [6.07, 6.45) is 0. The highest BCUT2D eigenvalue weighted by atomic mass is 79.9. The standard InChI is InChI=1S/C14H11BrClF2N/c1-19-14(8-2-4-11(16)13(18)6-8)10-7-9(15)3-5-12(10)17/h2-7,14,19H,1H3. The van der Waals surface area contributed by atoms with Crippen LogP contribution >= 0.6 is 27.5 Å². The van der Waals surface area contributed by atoms with Gasteiger partial charge in [0.2, 0.25) is 0 Å². The summed E-state index contributed by atoms with van der Waals surface area (Å²) in [5, 5.41) is 3.03. The second-order valence-electron chi connectivity index (χ2n) is 4.06. The van der Waals surface area contributed by atoms with E-state index in [1.54, 1.807) is 25.2 Å². The maximum atomic E-state index is 13.9. The lowest BCUT2D eigenvalue weighted by molar-refractivity contribution is 0.571. The van der Waals surface area contributed by atoms with Crippen LogP contribution in [0.25, 0.3) is 0 Å². The third-order valence-electron chi connectivity index (χ3n) is 2.83. The van der Waals surface area contributed by atoms with Crippen LogP contribution in [-0.4, -0.2) is 7.05 Å². The Morgan fingerprint density at radius 3 is 2.47 bits per heavy atom. The third-order valence-corrected chi connectivity index (χ3v) is 3.63. The van der Waals surface area contributed by atoms with Gasteiger partial charge in [-0.25, -0.2) is 8.78 Å². The van der Waals surface area contributed by atoms with Crippen LogP contribution < -0.4 is 5.32 Å². The van der Waals surface area contributed by atoms with Crippen molar-refractivity contribution in [1.29, 1.82) is 0 Å². The van der Waals surface area contributed by atoms with E-state index in [4.69, 9.17) is 11.6 Å². The smallest absolute Gasteiger partial charge is 0.142 e. The lowest BCUT2D eigenvalue weighted by atomic mass is 9.98. The van der Waals surface area contributed by atoms with Crippen molar-refractivity contribution in [2.75, 3.05) is 7.05 Å². The summed E-state index contributed by atoms with van der Waals surface area (Å²) < 4.78 is 28.2. The molecule has 0 saturated heterocycles. The first-order valence-corrected chi connectivity index (χ1v) is 6.77. The molecule has 2 aromatic carbocycles. The minimum absolute atomic E-state index is 0.0494. The summed E-state index contributed by atoms with van der Waals surface area (Å²) in [5.74, 6) is -0.868. The fourth-order valence-corrected chi connectivity index (χ4v) is 2.43. The van der Waals surface area contributed by atoms with Crippen molar-refractivity contribution in [3.05, 3.63) is 68.7 Å². The molecule has 0 aliphatic heterocycles. The van der Waals surface area contributed by atoms with Gasteiger partial charge in [0.05, 0.1) is 11.1 Å². The molecule has 0 fully saturated rings. The molecule has 0 aliphatic rings. The predicted molar refractivity (Wildman–Crippen MR) is 76.4 cm³/mol. The third kappa shape index (κ3) is 3.14. The summed E-state index contributed by atoms with van der Waals surface area (Å²) in [5.41, 5.74) is 1.06. The molecule has 0 aliphatic carbocycles. The second-order valence-corrected chi connectivity index (χ2v) is 5.38. The number of hydrogen-bond acceptors (Lipinski definition) is 1. The van der Waals surface area contributed by atoms with Crippen molar-refractivity contribution in [2.45, 2.75) is 6.04 Å². The molecule has 0 bridgehead atoms. The van der Waals surface area contributed by atoms with E-state index in [-0.39, 0.29) is 10.8 Å². The molecule has 0 saturated carbocycles. The minimum Gasteiger partial charge on any atom is -0.309 e. The zero-order valence-electron chi connectivity index (χ0n) is 10.1. The molecule has 100 valence electrons. The average Bonchev–Trinajstić information content (AvgIpc) is 2.38. The lowest BCUT2D eigenvalue weighted by Gasteiger charge is -2.18. The van der Waals surface area contributed by atoms with Gasteiger partial charge in [0.25, 0.3) is 0 Å². The molecule has 0 aromatic heterocycles. The number of halogens is 4. The Morgan fingerprint density at radius 2 is 1.84 bits per heavy atom. The van der Waals surface area contributed by atoms with Crippen LogP contribution in [0.2, 0.25) is 5.02 Å². The van der Waals surface area contributed by atoms with Gasteiger partial charge in [-0.05, 0) is 42.9 Å². The molecule has 0 heterocycles. The van der Waals surface area contributed by atoms with Gasteiger partial charge in [-0.2, -0.15) is 0 Å². The fraction of sp³-hybridized carbons (Fsp3) is 0.143. The normalized spacial score (nSPS) is 12.5. The van der Waals surface area contributed by atoms with Crippen molar-refractivity contribution >= 4 is 27.5 Å². The zero-order valence-corrected chi connectivity index (χ0v) is 12.4. The van der Waals surface area contributed by atoms with Crippen LogP contribution in [0.5, 0.6) is 0 Å². The highest BCUT2D eigenvalue weighted by Crippen LogP contribution is 2.28. The largest absolute Gasteiger partial charge is 0.309 e. The van der Waals surface area contributed by atoms with Crippen molar-refractivity contribution < 1.29 is 8.78 Å². The van der Waals surface area contributed by atoms with E-state index < -0.39 is 11.9 Å². The van der Waals surface area contributed by atoms with Crippen molar-refractivity contribution in [2.24, 2.45) is 0 Å². The molecule has 1 unspecified atom stereocenters. The van der Waals surface area contributed by atoms with Gasteiger partial charge in [0.15, 0.2) is 0 Å². The van der Waals surface area contributed by atoms with Gasteiger partial charge < -0.3 is 5.32 Å². The molecular weight excluding hydrogens is 336 g/mol. The Hall–Kier alpha value is -0.970. The summed E-state index contributed by atoms with van der Waals surface area (Å²) >= 11 is 8.96. The van der Waals surface area contributed by atoms with E-state index in [2.05, 4.69) is 21.2 Å². The minimum atomic E-state index is -0.519. The molecule has 1 nitrogen and oxygen atoms in total. The summed E-state index contributed by atoms with van der Waals surface area (Å²) in [7, 11) is 1.69. The first-order valence-electron chi connectivity index (χ1n) is 5.60.